The zero-order valence-corrected chi connectivity index (χ0v) is 17.4. The Morgan fingerprint density at radius 1 is 1.26 bits per heavy atom. The van der Waals surface area contributed by atoms with Crippen LogP contribution < -0.4 is 15.4 Å². The van der Waals surface area contributed by atoms with Crippen LogP contribution in [0.3, 0.4) is 0 Å². The van der Waals surface area contributed by atoms with Crippen LogP contribution in [0.4, 0.5) is 5.69 Å². The molecule has 0 fully saturated rings. The van der Waals surface area contributed by atoms with Crippen molar-refractivity contribution in [3.05, 3.63) is 87.4 Å². The van der Waals surface area contributed by atoms with Crippen LogP contribution in [0.5, 0.6) is 5.88 Å². The number of aromatic nitrogens is 2. The Bertz CT molecular complexity index is 1290. The highest BCUT2D eigenvalue weighted by molar-refractivity contribution is 6.30. The van der Waals surface area contributed by atoms with E-state index in [-0.39, 0.29) is 23.2 Å². The van der Waals surface area contributed by atoms with Gasteiger partial charge in [0.05, 0.1) is 12.1 Å². The highest BCUT2D eigenvalue weighted by Crippen LogP contribution is 2.55. The lowest BCUT2D eigenvalue weighted by Crippen LogP contribution is -2.46. The van der Waals surface area contributed by atoms with Crippen molar-refractivity contribution in [2.24, 2.45) is 5.73 Å². The molecule has 3 aromatic rings. The van der Waals surface area contributed by atoms with Gasteiger partial charge >= 0.3 is 0 Å². The first-order valence-electron chi connectivity index (χ1n) is 9.84. The van der Waals surface area contributed by atoms with E-state index in [1.54, 1.807) is 17.0 Å². The molecule has 0 aliphatic carbocycles. The van der Waals surface area contributed by atoms with E-state index in [0.29, 0.717) is 29.1 Å². The molecular formula is C23H18ClN5O2. The Balaban J connectivity index is 1.78. The molecule has 0 bridgehead atoms. The SMILES string of the molecule is CCc1[nH]nc2c1C1(C(=O)N(Cc3ccc(Cl)cc3)c3ccccc31)C(C#N)=C(N)O2. The van der Waals surface area contributed by atoms with Gasteiger partial charge in [0, 0.05) is 22.0 Å². The van der Waals surface area contributed by atoms with Crippen molar-refractivity contribution in [2.75, 3.05) is 4.90 Å². The van der Waals surface area contributed by atoms with Crippen LogP contribution in [-0.4, -0.2) is 16.1 Å². The molecule has 154 valence electrons. The van der Waals surface area contributed by atoms with Crippen LogP contribution >= 0.6 is 11.6 Å². The topological polar surface area (TPSA) is 108 Å². The fourth-order valence-electron chi connectivity index (χ4n) is 4.55. The van der Waals surface area contributed by atoms with Gasteiger partial charge in [0.2, 0.25) is 17.7 Å². The highest BCUT2D eigenvalue weighted by atomic mass is 35.5. The second kappa shape index (κ2) is 6.89. The summed E-state index contributed by atoms with van der Waals surface area (Å²) < 4.78 is 5.64. The van der Waals surface area contributed by atoms with Gasteiger partial charge in [-0.1, -0.05) is 48.9 Å². The summed E-state index contributed by atoms with van der Waals surface area (Å²) in [7, 11) is 0. The summed E-state index contributed by atoms with van der Waals surface area (Å²) in [5.41, 5.74) is 8.41. The molecule has 31 heavy (non-hydrogen) atoms. The summed E-state index contributed by atoms with van der Waals surface area (Å²) in [6.07, 6.45) is 0.582. The number of nitrogens with zero attached hydrogens (tertiary/aromatic N) is 3. The number of hydrogen-bond donors (Lipinski definition) is 2. The van der Waals surface area contributed by atoms with Gasteiger partial charge in [-0.05, 0) is 30.2 Å². The van der Waals surface area contributed by atoms with Crippen molar-refractivity contribution in [3.8, 4) is 11.9 Å². The van der Waals surface area contributed by atoms with Crippen LogP contribution in [0.15, 0.2) is 60.0 Å². The molecule has 1 spiro atoms. The minimum Gasteiger partial charge on any atom is -0.420 e. The molecule has 3 heterocycles. The molecule has 1 atom stereocenters. The van der Waals surface area contributed by atoms with E-state index >= 15 is 0 Å². The molecule has 3 N–H and O–H groups in total. The van der Waals surface area contributed by atoms with Crippen molar-refractivity contribution < 1.29 is 9.53 Å². The van der Waals surface area contributed by atoms with E-state index in [1.807, 2.05) is 43.3 Å². The Labute approximate surface area is 183 Å². The molecule has 0 saturated carbocycles. The molecular weight excluding hydrogens is 414 g/mol. The molecule has 2 aliphatic rings. The second-order valence-electron chi connectivity index (χ2n) is 7.47. The quantitative estimate of drug-likeness (QED) is 0.659. The van der Waals surface area contributed by atoms with E-state index in [9.17, 15) is 10.1 Å². The Morgan fingerprint density at radius 2 is 2.00 bits per heavy atom. The van der Waals surface area contributed by atoms with Gasteiger partial charge in [-0.15, -0.1) is 5.10 Å². The largest absolute Gasteiger partial charge is 0.420 e. The number of para-hydroxylation sites is 1. The van der Waals surface area contributed by atoms with Crippen molar-refractivity contribution in [2.45, 2.75) is 25.3 Å². The Morgan fingerprint density at radius 3 is 2.71 bits per heavy atom. The van der Waals surface area contributed by atoms with Gasteiger partial charge in [0.25, 0.3) is 0 Å². The summed E-state index contributed by atoms with van der Waals surface area (Å²) in [5, 5.41) is 17.9. The Hall–Kier alpha value is -3.76. The lowest BCUT2D eigenvalue weighted by molar-refractivity contribution is -0.121. The zero-order chi connectivity index (χ0) is 21.8. The molecule has 0 radical (unpaired) electrons. The Kier molecular flexibility index (Phi) is 4.27. The molecule has 5 rings (SSSR count). The first-order chi connectivity index (χ1) is 15.0. The number of halogens is 1. The molecule has 1 unspecified atom stereocenters. The summed E-state index contributed by atoms with van der Waals surface area (Å²) in [4.78, 5) is 15.9. The first kappa shape index (κ1) is 19.2. The number of nitrogens with one attached hydrogen (secondary N) is 1. The van der Waals surface area contributed by atoms with Gasteiger partial charge < -0.3 is 15.4 Å². The maximum atomic E-state index is 14.2. The second-order valence-corrected chi connectivity index (χ2v) is 7.91. The lowest BCUT2D eigenvalue weighted by Gasteiger charge is -2.32. The fraction of sp³-hybridized carbons (Fsp3) is 0.174. The number of aryl methyl sites for hydroxylation is 1. The molecule has 1 aromatic heterocycles. The molecule has 0 saturated heterocycles. The highest BCUT2D eigenvalue weighted by Gasteiger charge is 2.60. The van der Waals surface area contributed by atoms with Crippen molar-refractivity contribution >= 4 is 23.2 Å². The molecule has 1 amide bonds. The number of nitriles is 1. The van der Waals surface area contributed by atoms with Crippen molar-refractivity contribution in [3.63, 3.8) is 0 Å². The van der Waals surface area contributed by atoms with Gasteiger partial charge in [-0.2, -0.15) is 5.26 Å². The van der Waals surface area contributed by atoms with Crippen LogP contribution in [0.1, 0.15) is 29.3 Å². The number of carbonyl (C=O) groups excluding carboxylic acids is 1. The van der Waals surface area contributed by atoms with Crippen molar-refractivity contribution in [1.82, 2.24) is 10.2 Å². The molecule has 8 heteroatoms. The van der Waals surface area contributed by atoms with Gasteiger partial charge in [-0.3, -0.25) is 9.89 Å². The number of carbonyl (C=O) groups is 1. The number of H-pyrrole nitrogens is 1. The number of nitrogens with two attached hydrogens (primary N) is 1. The van der Waals surface area contributed by atoms with E-state index in [2.05, 4.69) is 16.3 Å². The third kappa shape index (κ3) is 2.52. The maximum Gasteiger partial charge on any atom is 0.248 e. The van der Waals surface area contributed by atoms with Crippen molar-refractivity contribution in [1.29, 1.82) is 5.26 Å². The number of benzene rings is 2. The monoisotopic (exact) mass is 431 g/mol. The van der Waals surface area contributed by atoms with Crippen LogP contribution in [0, 0.1) is 11.3 Å². The van der Waals surface area contributed by atoms with Crippen LogP contribution in [0.25, 0.3) is 0 Å². The van der Waals surface area contributed by atoms with Gasteiger partial charge in [0.15, 0.2) is 0 Å². The van der Waals surface area contributed by atoms with E-state index in [0.717, 1.165) is 16.9 Å². The number of rotatable bonds is 3. The lowest BCUT2D eigenvalue weighted by atomic mass is 9.69. The number of fused-ring (bicyclic) bond motifs is 4. The number of ether oxygens (including phenoxy) is 1. The minimum atomic E-state index is -1.41. The van der Waals surface area contributed by atoms with E-state index in [1.165, 1.54) is 0 Å². The average molecular weight is 432 g/mol. The van der Waals surface area contributed by atoms with E-state index < -0.39 is 5.41 Å². The third-order valence-electron chi connectivity index (χ3n) is 5.90. The number of hydrogen-bond acceptors (Lipinski definition) is 5. The number of amides is 1. The molecule has 7 nitrogen and oxygen atoms in total. The van der Waals surface area contributed by atoms with E-state index in [4.69, 9.17) is 22.1 Å². The summed E-state index contributed by atoms with van der Waals surface area (Å²) in [6.45, 7) is 2.27. The minimum absolute atomic E-state index is 0.0761. The normalized spacial score (nSPS) is 19.3. The fourth-order valence-corrected chi connectivity index (χ4v) is 4.67. The summed E-state index contributed by atoms with van der Waals surface area (Å²) in [6, 6.07) is 17.0. The number of anilines is 1. The predicted octanol–water partition coefficient (Wildman–Crippen LogP) is 3.54. The number of aromatic amines is 1. The summed E-state index contributed by atoms with van der Waals surface area (Å²) >= 11 is 6.02. The van der Waals surface area contributed by atoms with Crippen LogP contribution in [-0.2, 0) is 23.2 Å². The van der Waals surface area contributed by atoms with Crippen LogP contribution in [0.2, 0.25) is 5.02 Å². The molecule has 2 aromatic carbocycles. The van der Waals surface area contributed by atoms with Gasteiger partial charge in [0.1, 0.15) is 17.1 Å². The maximum absolute atomic E-state index is 14.2. The first-order valence-corrected chi connectivity index (χ1v) is 10.2. The van der Waals surface area contributed by atoms with Gasteiger partial charge in [-0.25, -0.2) is 0 Å². The third-order valence-corrected chi connectivity index (χ3v) is 6.15. The molecule has 2 aliphatic heterocycles. The zero-order valence-electron chi connectivity index (χ0n) is 16.6. The standard InChI is InChI=1S/C23H18ClN5O2/c1-2-17-19-21(28-27-17)31-20(26)16(11-25)23(19)15-5-3-4-6-18(15)29(22(23)30)12-13-7-9-14(24)10-8-13/h3-10H,2,12,26H2,1H3,(H,27,28). The smallest absolute Gasteiger partial charge is 0.248 e. The summed E-state index contributed by atoms with van der Waals surface area (Å²) in [5.74, 6) is -0.144. The average Bonchev–Trinajstić information content (AvgIpc) is 3.29. The predicted molar refractivity (Wildman–Crippen MR) is 115 cm³/mol.